The Balaban J connectivity index is 1.37. The van der Waals surface area contributed by atoms with Crippen LogP contribution in [-0.4, -0.2) is 49.3 Å². The van der Waals surface area contributed by atoms with E-state index in [1.54, 1.807) is 0 Å². The molecule has 2 amide bonds. The Morgan fingerprint density at radius 2 is 1.50 bits per heavy atom. The van der Waals surface area contributed by atoms with E-state index in [0.29, 0.717) is 61.8 Å². The minimum absolute atomic E-state index is 0.0201. The van der Waals surface area contributed by atoms with E-state index < -0.39 is 0 Å². The van der Waals surface area contributed by atoms with Crippen LogP contribution in [0.4, 0.5) is 0 Å². The molecule has 0 spiro atoms. The minimum atomic E-state index is -0.253. The molecule has 0 heterocycles. The van der Waals surface area contributed by atoms with Gasteiger partial charge < -0.3 is 20.5 Å². The van der Waals surface area contributed by atoms with E-state index in [1.807, 2.05) is 0 Å². The predicted octanol–water partition coefficient (Wildman–Crippen LogP) is 6.35. The lowest BCUT2D eigenvalue weighted by atomic mass is 9.32. The van der Waals surface area contributed by atoms with E-state index in [0.717, 1.165) is 32.1 Å². The average Bonchev–Trinajstić information content (AvgIpc) is 3.32. The maximum Gasteiger partial charge on any atom is 0.226 e. The maximum absolute atomic E-state index is 14.2. The summed E-state index contributed by atoms with van der Waals surface area (Å²) in [6.45, 7) is 20.9. The van der Waals surface area contributed by atoms with Gasteiger partial charge in [-0.3, -0.25) is 9.59 Å². The number of carbonyl (C=O) groups excluding carboxylic acids is 2. The van der Waals surface area contributed by atoms with Gasteiger partial charge in [0.25, 0.3) is 0 Å². The standard InChI is InChI=1S/C36H62N2O4/c1-23(2)25-11-16-36(31(41)38-20-22-42-21-19-37-24(3)39)18-17-34(7)26(30(25)36)9-10-28-33(6)14-13-29(40)32(4,5)27(33)12-15-35(28,34)8/h23,25-30,40H,9-22H2,1-8H3,(H,37,39)(H,38,41)/t25-,26?,27?,28?,29+,30-,33-,34+,35+,36-/m0/s1. The summed E-state index contributed by atoms with van der Waals surface area (Å²) in [4.78, 5) is 25.3. The Labute approximate surface area is 256 Å². The largest absolute Gasteiger partial charge is 0.393 e. The van der Waals surface area contributed by atoms with Crippen LogP contribution in [0.15, 0.2) is 0 Å². The summed E-state index contributed by atoms with van der Waals surface area (Å²) in [5, 5.41) is 17.1. The first-order valence-electron chi connectivity index (χ1n) is 17.4. The third-order valence-electron chi connectivity index (χ3n) is 14.9. The van der Waals surface area contributed by atoms with Crippen molar-refractivity contribution in [2.75, 3.05) is 26.3 Å². The Bertz CT molecular complexity index is 1030. The molecule has 6 heteroatoms. The minimum Gasteiger partial charge on any atom is -0.393 e. The highest BCUT2D eigenvalue weighted by Crippen LogP contribution is 2.77. The second-order valence-electron chi connectivity index (χ2n) is 17.0. The van der Waals surface area contributed by atoms with Crippen molar-refractivity contribution in [2.45, 2.75) is 126 Å². The summed E-state index contributed by atoms with van der Waals surface area (Å²) in [5.41, 5.74) is 0.518. The molecule has 42 heavy (non-hydrogen) atoms. The van der Waals surface area contributed by atoms with Crippen LogP contribution in [0.3, 0.4) is 0 Å². The number of aliphatic hydroxyl groups excluding tert-OH is 1. The molecule has 5 fully saturated rings. The van der Waals surface area contributed by atoms with Crippen LogP contribution in [0.25, 0.3) is 0 Å². The van der Waals surface area contributed by atoms with Crippen LogP contribution in [0.5, 0.6) is 0 Å². The topological polar surface area (TPSA) is 87.7 Å². The quantitative estimate of drug-likeness (QED) is 0.289. The lowest BCUT2D eigenvalue weighted by Crippen LogP contribution is -2.67. The van der Waals surface area contributed by atoms with Crippen LogP contribution in [0.2, 0.25) is 0 Å². The summed E-state index contributed by atoms with van der Waals surface area (Å²) >= 11 is 0. The molecular formula is C36H62N2O4. The number of aliphatic hydroxyl groups is 1. The summed E-state index contributed by atoms with van der Waals surface area (Å²) in [5.74, 6) is 3.72. The van der Waals surface area contributed by atoms with Crippen LogP contribution < -0.4 is 10.6 Å². The van der Waals surface area contributed by atoms with Crippen LogP contribution in [-0.2, 0) is 14.3 Å². The molecule has 0 radical (unpaired) electrons. The van der Waals surface area contributed by atoms with Crippen molar-refractivity contribution in [3.8, 4) is 0 Å². The maximum atomic E-state index is 14.2. The second-order valence-corrected chi connectivity index (χ2v) is 17.0. The number of fused-ring (bicyclic) bond motifs is 7. The lowest BCUT2D eigenvalue weighted by Gasteiger charge is -2.73. The molecule has 3 N–H and O–H groups in total. The average molecular weight is 587 g/mol. The number of ether oxygens (including phenoxy) is 1. The van der Waals surface area contributed by atoms with Crippen LogP contribution >= 0.6 is 0 Å². The molecule has 0 aromatic heterocycles. The molecule has 0 aliphatic heterocycles. The molecule has 0 aromatic carbocycles. The molecule has 3 unspecified atom stereocenters. The van der Waals surface area contributed by atoms with Gasteiger partial charge in [0, 0.05) is 20.0 Å². The highest BCUT2D eigenvalue weighted by Gasteiger charge is 2.71. The van der Waals surface area contributed by atoms with Crippen molar-refractivity contribution in [3.05, 3.63) is 0 Å². The summed E-state index contributed by atoms with van der Waals surface area (Å²) in [6.07, 6.45) is 11.3. The van der Waals surface area contributed by atoms with E-state index >= 15 is 0 Å². The number of hydrogen-bond donors (Lipinski definition) is 3. The number of rotatable bonds is 8. The van der Waals surface area contributed by atoms with E-state index in [9.17, 15) is 14.7 Å². The number of amides is 2. The summed E-state index contributed by atoms with van der Waals surface area (Å²) in [7, 11) is 0. The molecule has 5 rings (SSSR count). The van der Waals surface area contributed by atoms with E-state index in [-0.39, 0.29) is 45.0 Å². The second kappa shape index (κ2) is 11.3. The SMILES string of the molecule is CC(=O)NCCOCCNC(=O)[C@]12CC[C@@H](C(C)C)[C@H]1C1CCC3[C@@]4(C)CC[C@@H](O)C(C)(C)C4CC[C@@]3(C)[C@]1(C)CC2. The Kier molecular flexibility index (Phi) is 8.71. The van der Waals surface area contributed by atoms with E-state index in [2.05, 4.69) is 59.1 Å². The molecule has 5 saturated carbocycles. The van der Waals surface area contributed by atoms with E-state index in [4.69, 9.17) is 4.74 Å². The first kappa shape index (κ1) is 32.3. The highest BCUT2D eigenvalue weighted by molar-refractivity contribution is 5.83. The fourth-order valence-electron chi connectivity index (χ4n) is 12.6. The van der Waals surface area contributed by atoms with Crippen LogP contribution in [0.1, 0.15) is 120 Å². The van der Waals surface area contributed by atoms with Gasteiger partial charge in [0.1, 0.15) is 0 Å². The van der Waals surface area contributed by atoms with Gasteiger partial charge in [0.05, 0.1) is 24.7 Å². The number of hydrogen-bond acceptors (Lipinski definition) is 4. The smallest absolute Gasteiger partial charge is 0.226 e. The third kappa shape index (κ3) is 4.79. The Morgan fingerprint density at radius 3 is 2.17 bits per heavy atom. The Hall–Kier alpha value is -1.14. The zero-order valence-corrected chi connectivity index (χ0v) is 28.1. The first-order valence-corrected chi connectivity index (χ1v) is 17.4. The van der Waals surface area contributed by atoms with Crippen molar-refractivity contribution in [3.63, 3.8) is 0 Å². The number of carbonyl (C=O) groups is 2. The predicted molar refractivity (Wildman–Crippen MR) is 168 cm³/mol. The van der Waals surface area contributed by atoms with Gasteiger partial charge in [-0.25, -0.2) is 0 Å². The molecule has 0 saturated heterocycles. The van der Waals surface area contributed by atoms with Gasteiger partial charge in [-0.1, -0.05) is 48.5 Å². The summed E-state index contributed by atoms with van der Waals surface area (Å²) in [6, 6.07) is 0. The monoisotopic (exact) mass is 586 g/mol. The van der Waals surface area contributed by atoms with Crippen molar-refractivity contribution in [1.29, 1.82) is 0 Å². The van der Waals surface area contributed by atoms with Crippen LogP contribution in [0, 0.1) is 62.6 Å². The molecule has 0 aromatic rings. The molecule has 240 valence electrons. The molecule has 6 nitrogen and oxygen atoms in total. The normalized spacial score (nSPS) is 45.8. The fourth-order valence-corrected chi connectivity index (χ4v) is 12.6. The summed E-state index contributed by atoms with van der Waals surface area (Å²) < 4.78 is 5.69. The Morgan fingerprint density at radius 1 is 0.810 bits per heavy atom. The zero-order chi connectivity index (χ0) is 30.7. The van der Waals surface area contributed by atoms with Crippen molar-refractivity contribution in [1.82, 2.24) is 10.6 Å². The van der Waals surface area contributed by atoms with Gasteiger partial charge in [-0.15, -0.1) is 0 Å². The van der Waals surface area contributed by atoms with Gasteiger partial charge in [0.15, 0.2) is 0 Å². The van der Waals surface area contributed by atoms with E-state index in [1.165, 1.54) is 39.0 Å². The van der Waals surface area contributed by atoms with Crippen molar-refractivity contribution >= 4 is 11.8 Å². The molecule has 10 atom stereocenters. The van der Waals surface area contributed by atoms with Crippen molar-refractivity contribution < 1.29 is 19.4 Å². The molecule has 5 aliphatic rings. The molecular weight excluding hydrogens is 524 g/mol. The lowest BCUT2D eigenvalue weighted by molar-refractivity contribution is -0.248. The fraction of sp³-hybridized carbons (Fsp3) is 0.944. The third-order valence-corrected chi connectivity index (χ3v) is 14.9. The van der Waals surface area contributed by atoms with Gasteiger partial charge in [0.2, 0.25) is 11.8 Å². The van der Waals surface area contributed by atoms with Gasteiger partial charge in [-0.05, 0) is 121 Å². The number of nitrogens with one attached hydrogen (secondary N) is 2. The molecule has 5 aliphatic carbocycles. The highest BCUT2D eigenvalue weighted by atomic mass is 16.5. The first-order chi connectivity index (χ1) is 19.6. The zero-order valence-electron chi connectivity index (χ0n) is 28.1. The van der Waals surface area contributed by atoms with Gasteiger partial charge in [-0.2, -0.15) is 0 Å². The van der Waals surface area contributed by atoms with Crippen molar-refractivity contribution in [2.24, 2.45) is 62.6 Å². The molecule has 0 bridgehead atoms. The van der Waals surface area contributed by atoms with Gasteiger partial charge >= 0.3 is 0 Å².